The SMILES string of the molecule is CC1(O)CN(C(=O)CCc2ccc(Cl)cc2Cl)C1. The Labute approximate surface area is 116 Å². The maximum Gasteiger partial charge on any atom is 0.223 e. The zero-order valence-electron chi connectivity index (χ0n) is 10.1. The molecule has 3 nitrogen and oxygen atoms in total. The zero-order valence-corrected chi connectivity index (χ0v) is 11.6. The molecule has 5 heteroatoms. The van der Waals surface area contributed by atoms with Crippen molar-refractivity contribution in [2.24, 2.45) is 0 Å². The second-order valence-electron chi connectivity index (χ2n) is 4.98. The number of carbonyl (C=O) groups excluding carboxylic acids is 1. The highest BCUT2D eigenvalue weighted by atomic mass is 35.5. The molecule has 1 aromatic rings. The number of aliphatic hydroxyl groups is 1. The average Bonchev–Trinajstić information content (AvgIpc) is 2.24. The van der Waals surface area contributed by atoms with Crippen LogP contribution in [0.4, 0.5) is 0 Å². The molecule has 0 atom stereocenters. The molecule has 1 aromatic carbocycles. The van der Waals surface area contributed by atoms with Crippen LogP contribution in [0.3, 0.4) is 0 Å². The minimum atomic E-state index is -0.715. The summed E-state index contributed by atoms with van der Waals surface area (Å²) in [5, 5.41) is 10.7. The molecule has 1 heterocycles. The fraction of sp³-hybridized carbons (Fsp3) is 0.462. The lowest BCUT2D eigenvalue weighted by Crippen LogP contribution is -2.61. The van der Waals surface area contributed by atoms with Gasteiger partial charge in [0.1, 0.15) is 0 Å². The Bertz CT molecular complexity index is 466. The van der Waals surface area contributed by atoms with Crippen LogP contribution in [0, 0.1) is 0 Å². The van der Waals surface area contributed by atoms with Gasteiger partial charge >= 0.3 is 0 Å². The first kappa shape index (κ1) is 13.7. The maximum absolute atomic E-state index is 11.8. The van der Waals surface area contributed by atoms with Gasteiger partial charge in [0.2, 0.25) is 5.91 Å². The third kappa shape index (κ3) is 3.16. The Morgan fingerprint density at radius 3 is 2.67 bits per heavy atom. The molecule has 1 amide bonds. The van der Waals surface area contributed by atoms with E-state index in [2.05, 4.69) is 0 Å². The Morgan fingerprint density at radius 1 is 1.44 bits per heavy atom. The van der Waals surface area contributed by atoms with Crippen LogP contribution in [0.1, 0.15) is 18.9 Å². The molecular weight excluding hydrogens is 273 g/mol. The predicted molar refractivity (Wildman–Crippen MR) is 72.0 cm³/mol. The number of benzene rings is 1. The van der Waals surface area contributed by atoms with Gasteiger partial charge in [-0.2, -0.15) is 0 Å². The molecule has 1 N–H and O–H groups in total. The predicted octanol–water partition coefficient (Wildman–Crippen LogP) is 2.52. The van der Waals surface area contributed by atoms with Crippen LogP contribution < -0.4 is 0 Å². The molecule has 1 fully saturated rings. The van der Waals surface area contributed by atoms with Crippen molar-refractivity contribution in [1.29, 1.82) is 0 Å². The van der Waals surface area contributed by atoms with Gasteiger partial charge in [0.05, 0.1) is 18.7 Å². The van der Waals surface area contributed by atoms with E-state index in [1.165, 1.54) is 0 Å². The number of hydrogen-bond acceptors (Lipinski definition) is 2. The van der Waals surface area contributed by atoms with Gasteiger partial charge in [0, 0.05) is 16.5 Å². The van der Waals surface area contributed by atoms with E-state index in [9.17, 15) is 9.90 Å². The highest BCUT2D eigenvalue weighted by Crippen LogP contribution is 2.24. The number of aryl methyl sites for hydroxylation is 1. The Hall–Kier alpha value is -0.770. The van der Waals surface area contributed by atoms with E-state index in [0.29, 0.717) is 36.0 Å². The van der Waals surface area contributed by atoms with Crippen molar-refractivity contribution in [3.05, 3.63) is 33.8 Å². The molecule has 1 aliphatic rings. The number of rotatable bonds is 3. The van der Waals surface area contributed by atoms with Gasteiger partial charge in [-0.25, -0.2) is 0 Å². The molecule has 18 heavy (non-hydrogen) atoms. The second-order valence-corrected chi connectivity index (χ2v) is 5.83. The van der Waals surface area contributed by atoms with Crippen molar-refractivity contribution in [3.63, 3.8) is 0 Å². The van der Waals surface area contributed by atoms with Crippen molar-refractivity contribution in [3.8, 4) is 0 Å². The number of β-amino-alcohol motifs (C(OH)–C–C–N with tert-alkyl or cyclic N) is 1. The molecule has 0 unspecified atom stereocenters. The first-order valence-electron chi connectivity index (χ1n) is 5.81. The minimum absolute atomic E-state index is 0.0486. The van der Waals surface area contributed by atoms with Gasteiger partial charge in [-0.05, 0) is 31.0 Å². The van der Waals surface area contributed by atoms with Crippen molar-refractivity contribution >= 4 is 29.1 Å². The summed E-state index contributed by atoms with van der Waals surface area (Å²) < 4.78 is 0. The number of amides is 1. The normalized spacial score (nSPS) is 17.4. The fourth-order valence-electron chi connectivity index (χ4n) is 2.08. The van der Waals surface area contributed by atoms with Gasteiger partial charge in [-0.15, -0.1) is 0 Å². The topological polar surface area (TPSA) is 40.5 Å². The molecular formula is C13H15Cl2NO2. The number of likely N-dealkylation sites (tertiary alicyclic amines) is 1. The first-order chi connectivity index (χ1) is 8.37. The highest BCUT2D eigenvalue weighted by molar-refractivity contribution is 6.35. The summed E-state index contributed by atoms with van der Waals surface area (Å²) in [7, 11) is 0. The summed E-state index contributed by atoms with van der Waals surface area (Å²) in [4.78, 5) is 13.5. The summed E-state index contributed by atoms with van der Waals surface area (Å²) in [5.41, 5.74) is 0.204. The van der Waals surface area contributed by atoms with Crippen molar-refractivity contribution in [1.82, 2.24) is 4.90 Å². The summed E-state index contributed by atoms with van der Waals surface area (Å²) >= 11 is 11.8. The third-order valence-corrected chi connectivity index (χ3v) is 3.63. The molecule has 0 spiro atoms. The summed E-state index contributed by atoms with van der Waals surface area (Å²) in [6.45, 7) is 2.56. The average molecular weight is 288 g/mol. The Balaban J connectivity index is 1.86. The smallest absolute Gasteiger partial charge is 0.223 e. The maximum atomic E-state index is 11.8. The number of hydrogen-bond donors (Lipinski definition) is 1. The van der Waals surface area contributed by atoms with E-state index in [1.54, 1.807) is 24.0 Å². The van der Waals surface area contributed by atoms with Crippen molar-refractivity contribution in [2.75, 3.05) is 13.1 Å². The Kier molecular flexibility index (Phi) is 3.85. The standard InChI is InChI=1S/C13H15Cl2NO2/c1-13(18)7-16(8-13)12(17)5-3-9-2-4-10(14)6-11(9)15/h2,4,6,18H,3,5,7-8H2,1H3. The van der Waals surface area contributed by atoms with Crippen LogP contribution in [-0.2, 0) is 11.2 Å². The van der Waals surface area contributed by atoms with Crippen LogP contribution in [0.15, 0.2) is 18.2 Å². The first-order valence-corrected chi connectivity index (χ1v) is 6.57. The molecule has 0 aromatic heterocycles. The van der Waals surface area contributed by atoms with Crippen molar-refractivity contribution < 1.29 is 9.90 Å². The van der Waals surface area contributed by atoms with Crippen LogP contribution in [0.5, 0.6) is 0 Å². The largest absolute Gasteiger partial charge is 0.386 e. The molecule has 2 rings (SSSR count). The minimum Gasteiger partial charge on any atom is -0.386 e. The van der Waals surface area contributed by atoms with Crippen LogP contribution >= 0.6 is 23.2 Å². The number of carbonyl (C=O) groups is 1. The Morgan fingerprint density at radius 2 is 2.11 bits per heavy atom. The van der Waals surface area contributed by atoms with Gasteiger partial charge in [0.15, 0.2) is 0 Å². The van der Waals surface area contributed by atoms with E-state index in [-0.39, 0.29) is 5.91 Å². The number of halogens is 2. The van der Waals surface area contributed by atoms with Crippen LogP contribution in [0.2, 0.25) is 10.0 Å². The molecule has 0 radical (unpaired) electrons. The van der Waals surface area contributed by atoms with Crippen LogP contribution in [0.25, 0.3) is 0 Å². The number of nitrogens with zero attached hydrogens (tertiary/aromatic N) is 1. The summed E-state index contributed by atoms with van der Waals surface area (Å²) in [5.74, 6) is 0.0486. The van der Waals surface area contributed by atoms with Gasteiger partial charge in [-0.3, -0.25) is 4.79 Å². The molecule has 1 aliphatic heterocycles. The lowest BCUT2D eigenvalue weighted by Gasteiger charge is -2.44. The molecule has 1 saturated heterocycles. The van der Waals surface area contributed by atoms with Gasteiger partial charge in [-0.1, -0.05) is 29.3 Å². The van der Waals surface area contributed by atoms with Gasteiger partial charge in [0.25, 0.3) is 0 Å². The van der Waals surface area contributed by atoms with E-state index < -0.39 is 5.60 Å². The quantitative estimate of drug-likeness (QED) is 0.928. The van der Waals surface area contributed by atoms with E-state index >= 15 is 0 Å². The monoisotopic (exact) mass is 287 g/mol. The van der Waals surface area contributed by atoms with Gasteiger partial charge < -0.3 is 10.0 Å². The molecule has 0 bridgehead atoms. The molecule has 0 aliphatic carbocycles. The lowest BCUT2D eigenvalue weighted by molar-refractivity contribution is -0.152. The van der Waals surface area contributed by atoms with Crippen LogP contribution in [-0.4, -0.2) is 34.6 Å². The molecule has 98 valence electrons. The lowest BCUT2D eigenvalue weighted by atomic mass is 9.96. The highest BCUT2D eigenvalue weighted by Gasteiger charge is 2.38. The van der Waals surface area contributed by atoms with E-state index in [0.717, 1.165) is 5.56 Å². The summed E-state index contributed by atoms with van der Waals surface area (Å²) in [6, 6.07) is 5.28. The second kappa shape index (κ2) is 5.08. The fourth-order valence-corrected chi connectivity index (χ4v) is 2.58. The van der Waals surface area contributed by atoms with E-state index in [4.69, 9.17) is 23.2 Å². The van der Waals surface area contributed by atoms with Crippen molar-refractivity contribution in [2.45, 2.75) is 25.4 Å². The van der Waals surface area contributed by atoms with E-state index in [1.807, 2.05) is 6.07 Å². The third-order valence-electron chi connectivity index (χ3n) is 3.04. The summed E-state index contributed by atoms with van der Waals surface area (Å²) in [6.07, 6.45) is 0.991. The molecule has 0 saturated carbocycles. The zero-order chi connectivity index (χ0) is 13.3.